The molecule has 0 N–H and O–H groups in total. The van der Waals surface area contributed by atoms with Crippen LogP contribution in [0.2, 0.25) is 0 Å². The third kappa shape index (κ3) is 3.32. The SMILES string of the molecule is c1cc2c3c(cccc3c1)-c1ccc(-c3c4ccccc4c(-c4cccc5oc6ccccc6c45)c4ccccc34)cc1S2. The van der Waals surface area contributed by atoms with Crippen LogP contribution in [0.25, 0.3) is 87.6 Å². The van der Waals surface area contributed by atoms with Gasteiger partial charge in [0, 0.05) is 25.9 Å². The van der Waals surface area contributed by atoms with Gasteiger partial charge in [0.1, 0.15) is 11.2 Å². The normalized spacial score (nSPS) is 12.5. The van der Waals surface area contributed by atoms with Gasteiger partial charge in [0.05, 0.1) is 0 Å². The third-order valence-corrected chi connectivity index (χ3v) is 10.4. The zero-order valence-electron chi connectivity index (χ0n) is 23.7. The van der Waals surface area contributed by atoms with Crippen molar-refractivity contribution in [2.75, 3.05) is 0 Å². The smallest absolute Gasteiger partial charge is 0.136 e. The molecule has 0 unspecified atom stereocenters. The Morgan fingerprint density at radius 2 is 1.00 bits per heavy atom. The summed E-state index contributed by atoms with van der Waals surface area (Å²) < 4.78 is 6.33. The first-order chi connectivity index (χ1) is 21.8. The summed E-state index contributed by atoms with van der Waals surface area (Å²) in [6.45, 7) is 0. The largest absolute Gasteiger partial charge is 0.456 e. The highest BCUT2D eigenvalue weighted by atomic mass is 32.2. The van der Waals surface area contributed by atoms with Crippen molar-refractivity contribution in [3.8, 4) is 33.4 Å². The molecule has 10 rings (SSSR count). The predicted octanol–water partition coefficient (Wildman–Crippen LogP) is 12.5. The van der Waals surface area contributed by atoms with Crippen molar-refractivity contribution in [1.82, 2.24) is 0 Å². The fourth-order valence-electron chi connectivity index (χ4n) is 7.43. The minimum absolute atomic E-state index is 0.919. The molecule has 0 saturated heterocycles. The molecule has 0 radical (unpaired) electrons. The lowest BCUT2D eigenvalue weighted by molar-refractivity contribution is 0.669. The lowest BCUT2D eigenvalue weighted by Crippen LogP contribution is -1.95. The van der Waals surface area contributed by atoms with Crippen LogP contribution in [0.3, 0.4) is 0 Å². The van der Waals surface area contributed by atoms with Crippen LogP contribution in [-0.2, 0) is 0 Å². The van der Waals surface area contributed by atoms with E-state index < -0.39 is 0 Å². The molecule has 0 fully saturated rings. The minimum atomic E-state index is 0.919. The van der Waals surface area contributed by atoms with Gasteiger partial charge in [0.2, 0.25) is 0 Å². The number of hydrogen-bond acceptors (Lipinski definition) is 2. The first-order valence-corrected chi connectivity index (χ1v) is 15.8. The molecule has 8 aromatic carbocycles. The van der Waals surface area contributed by atoms with Crippen molar-refractivity contribution in [2.24, 2.45) is 0 Å². The van der Waals surface area contributed by atoms with Crippen molar-refractivity contribution in [3.63, 3.8) is 0 Å². The first kappa shape index (κ1) is 24.2. The van der Waals surface area contributed by atoms with Gasteiger partial charge in [-0.15, -0.1) is 0 Å². The number of rotatable bonds is 2. The molecule has 0 amide bonds. The molecule has 0 atom stereocenters. The maximum Gasteiger partial charge on any atom is 0.136 e. The molecule has 0 aliphatic carbocycles. The molecule has 44 heavy (non-hydrogen) atoms. The molecule has 1 aliphatic heterocycles. The zero-order chi connectivity index (χ0) is 28.8. The number of benzene rings is 8. The van der Waals surface area contributed by atoms with Gasteiger partial charge in [-0.25, -0.2) is 0 Å². The maximum atomic E-state index is 6.33. The van der Waals surface area contributed by atoms with Gasteiger partial charge in [-0.1, -0.05) is 133 Å². The molecule has 0 bridgehead atoms. The Morgan fingerprint density at radius 3 is 1.77 bits per heavy atom. The Labute approximate surface area is 258 Å². The van der Waals surface area contributed by atoms with Gasteiger partial charge in [0.15, 0.2) is 0 Å². The molecule has 1 aliphatic rings. The molecule has 1 aromatic heterocycles. The van der Waals surface area contributed by atoms with E-state index in [4.69, 9.17) is 4.42 Å². The van der Waals surface area contributed by atoms with Crippen LogP contribution in [0.4, 0.5) is 0 Å². The highest BCUT2D eigenvalue weighted by Gasteiger charge is 2.23. The van der Waals surface area contributed by atoms with Crippen molar-refractivity contribution in [1.29, 1.82) is 0 Å². The van der Waals surface area contributed by atoms with E-state index in [1.165, 1.54) is 80.9 Å². The summed E-state index contributed by atoms with van der Waals surface area (Å²) in [5.74, 6) is 0. The molecule has 0 spiro atoms. The highest BCUT2D eigenvalue weighted by Crippen LogP contribution is 2.51. The van der Waals surface area contributed by atoms with E-state index in [1.54, 1.807) is 0 Å². The second-order valence-corrected chi connectivity index (χ2v) is 12.7. The van der Waals surface area contributed by atoms with Crippen molar-refractivity contribution in [3.05, 3.63) is 146 Å². The number of para-hydroxylation sites is 1. The van der Waals surface area contributed by atoms with E-state index in [0.717, 1.165) is 16.6 Å². The molecule has 9 aromatic rings. The van der Waals surface area contributed by atoms with Gasteiger partial charge in [0.25, 0.3) is 0 Å². The number of hydrogen-bond donors (Lipinski definition) is 0. The predicted molar refractivity (Wildman–Crippen MR) is 187 cm³/mol. The Kier molecular flexibility index (Phi) is 5.00. The summed E-state index contributed by atoms with van der Waals surface area (Å²) >= 11 is 1.89. The van der Waals surface area contributed by atoms with Crippen molar-refractivity contribution >= 4 is 66.0 Å². The van der Waals surface area contributed by atoms with E-state index in [9.17, 15) is 0 Å². The van der Waals surface area contributed by atoms with Gasteiger partial charge in [-0.2, -0.15) is 0 Å². The standard InChI is InChI=1S/C42H24OS/c1-3-14-31-29(12-1)39(26-22-23-27-28-17-7-10-25-11-8-21-37(40(25)28)44-38(27)24-26)30-13-2-4-15-32(30)41(31)34-18-9-20-36-42(34)33-16-5-6-19-35(33)43-36/h1-24H. The van der Waals surface area contributed by atoms with E-state index in [1.807, 2.05) is 17.8 Å². The quantitative estimate of drug-likeness (QED) is 0.190. The Balaban J connectivity index is 1.28. The topological polar surface area (TPSA) is 13.1 Å². The maximum absolute atomic E-state index is 6.33. The number of furan rings is 1. The molecular weight excluding hydrogens is 553 g/mol. The highest BCUT2D eigenvalue weighted by molar-refractivity contribution is 7.99. The second kappa shape index (κ2) is 9.09. The second-order valence-electron chi connectivity index (χ2n) is 11.6. The fourth-order valence-corrected chi connectivity index (χ4v) is 8.62. The molecular formula is C42H24OS. The summed E-state index contributed by atoms with van der Waals surface area (Å²) in [7, 11) is 0. The molecule has 0 saturated carbocycles. The molecule has 2 heteroatoms. The van der Waals surface area contributed by atoms with Crippen molar-refractivity contribution < 1.29 is 4.42 Å². The van der Waals surface area contributed by atoms with E-state index >= 15 is 0 Å². The van der Waals surface area contributed by atoms with E-state index in [2.05, 4.69) is 140 Å². The average Bonchev–Trinajstić information content (AvgIpc) is 3.46. The summed E-state index contributed by atoms with van der Waals surface area (Å²) in [6, 6.07) is 53.0. The summed E-state index contributed by atoms with van der Waals surface area (Å²) in [5, 5.41) is 10.0. The fraction of sp³-hybridized carbons (Fsp3) is 0. The summed E-state index contributed by atoms with van der Waals surface area (Å²) in [6.07, 6.45) is 0. The summed E-state index contributed by atoms with van der Waals surface area (Å²) in [4.78, 5) is 2.63. The molecule has 1 nitrogen and oxygen atoms in total. The Bertz CT molecular complexity index is 2580. The van der Waals surface area contributed by atoms with E-state index in [0.29, 0.717) is 0 Å². The van der Waals surface area contributed by atoms with Crippen LogP contribution >= 0.6 is 11.8 Å². The monoisotopic (exact) mass is 576 g/mol. The van der Waals surface area contributed by atoms with E-state index in [-0.39, 0.29) is 0 Å². The third-order valence-electron chi connectivity index (χ3n) is 9.25. The van der Waals surface area contributed by atoms with Crippen LogP contribution in [0.1, 0.15) is 0 Å². The van der Waals surface area contributed by atoms with Crippen LogP contribution in [-0.4, -0.2) is 0 Å². The zero-order valence-corrected chi connectivity index (χ0v) is 24.5. The number of fused-ring (bicyclic) bond motifs is 7. The molecule has 204 valence electrons. The van der Waals surface area contributed by atoms with Crippen LogP contribution in [0, 0.1) is 0 Å². The molecule has 2 heterocycles. The average molecular weight is 577 g/mol. The van der Waals surface area contributed by atoms with Gasteiger partial charge in [-0.05, 0) is 84.6 Å². The lowest BCUT2D eigenvalue weighted by Gasteiger charge is -2.22. The van der Waals surface area contributed by atoms with Gasteiger partial charge >= 0.3 is 0 Å². The van der Waals surface area contributed by atoms with Gasteiger partial charge in [-0.3, -0.25) is 0 Å². The summed E-state index contributed by atoms with van der Waals surface area (Å²) in [5.41, 5.74) is 9.46. The van der Waals surface area contributed by atoms with Gasteiger partial charge < -0.3 is 4.42 Å². The van der Waals surface area contributed by atoms with Crippen LogP contribution in [0.5, 0.6) is 0 Å². The minimum Gasteiger partial charge on any atom is -0.456 e. The lowest BCUT2D eigenvalue weighted by atomic mass is 9.84. The first-order valence-electron chi connectivity index (χ1n) is 15.0. The van der Waals surface area contributed by atoms with Crippen LogP contribution < -0.4 is 0 Å². The van der Waals surface area contributed by atoms with Crippen molar-refractivity contribution in [2.45, 2.75) is 9.79 Å². The Hall–Kier alpha value is -5.31. The van der Waals surface area contributed by atoms with Crippen LogP contribution in [0.15, 0.2) is 160 Å². The Morgan fingerprint density at radius 1 is 0.386 bits per heavy atom.